The molecule has 0 aliphatic rings. The Hall–Kier alpha value is -2.59. The van der Waals surface area contributed by atoms with E-state index in [1.165, 1.54) is 0 Å². The summed E-state index contributed by atoms with van der Waals surface area (Å²) in [5.74, 6) is 0.689. The van der Waals surface area contributed by atoms with Crippen molar-refractivity contribution in [1.29, 1.82) is 0 Å². The highest BCUT2D eigenvalue weighted by Crippen LogP contribution is 2.15. The number of halogens is 1. The summed E-state index contributed by atoms with van der Waals surface area (Å²) in [6, 6.07) is 14.8. The standard InChI is InChI=1S/C19H17ClN2O2/c1-24-18-7-3-5-15(9-18)19(23)10-17-12-22(13-21-17)11-14-4-2-6-16(20)8-14/h2-9,12-13H,10-11H2,1H3. The third-order valence-electron chi connectivity index (χ3n) is 3.67. The van der Waals surface area contributed by atoms with Crippen molar-refractivity contribution in [2.75, 3.05) is 7.11 Å². The Morgan fingerprint density at radius 2 is 2.04 bits per heavy atom. The molecule has 0 saturated heterocycles. The van der Waals surface area contributed by atoms with Gasteiger partial charge in [0.25, 0.3) is 0 Å². The minimum atomic E-state index is 0.0157. The molecular formula is C19H17ClN2O2. The van der Waals surface area contributed by atoms with E-state index >= 15 is 0 Å². The van der Waals surface area contributed by atoms with Crippen molar-refractivity contribution < 1.29 is 9.53 Å². The van der Waals surface area contributed by atoms with Gasteiger partial charge in [0.15, 0.2) is 5.78 Å². The summed E-state index contributed by atoms with van der Waals surface area (Å²) >= 11 is 6.00. The third kappa shape index (κ3) is 4.03. The van der Waals surface area contributed by atoms with Gasteiger partial charge in [0.2, 0.25) is 0 Å². The number of carbonyl (C=O) groups excluding carboxylic acids is 1. The van der Waals surface area contributed by atoms with E-state index in [-0.39, 0.29) is 12.2 Å². The molecule has 0 atom stereocenters. The van der Waals surface area contributed by atoms with Crippen molar-refractivity contribution in [1.82, 2.24) is 9.55 Å². The van der Waals surface area contributed by atoms with E-state index in [4.69, 9.17) is 16.3 Å². The first-order valence-corrected chi connectivity index (χ1v) is 7.94. The molecule has 0 spiro atoms. The average Bonchev–Trinajstić information content (AvgIpc) is 3.01. The van der Waals surface area contributed by atoms with Gasteiger partial charge in [-0.3, -0.25) is 4.79 Å². The zero-order chi connectivity index (χ0) is 16.9. The number of nitrogens with zero attached hydrogens (tertiary/aromatic N) is 2. The van der Waals surface area contributed by atoms with Crippen molar-refractivity contribution >= 4 is 17.4 Å². The minimum absolute atomic E-state index is 0.0157. The van der Waals surface area contributed by atoms with Gasteiger partial charge < -0.3 is 9.30 Å². The fourth-order valence-electron chi connectivity index (χ4n) is 2.49. The smallest absolute Gasteiger partial charge is 0.169 e. The topological polar surface area (TPSA) is 44.1 Å². The lowest BCUT2D eigenvalue weighted by Crippen LogP contribution is -2.04. The van der Waals surface area contributed by atoms with Gasteiger partial charge in [0.1, 0.15) is 5.75 Å². The molecule has 0 amide bonds. The van der Waals surface area contributed by atoms with Crippen LogP contribution in [0, 0.1) is 0 Å². The second-order valence-corrected chi connectivity index (χ2v) is 5.94. The molecule has 4 nitrogen and oxygen atoms in total. The maximum Gasteiger partial charge on any atom is 0.169 e. The van der Waals surface area contributed by atoms with Crippen molar-refractivity contribution in [3.05, 3.63) is 82.9 Å². The van der Waals surface area contributed by atoms with Crippen LogP contribution < -0.4 is 4.74 Å². The zero-order valence-electron chi connectivity index (χ0n) is 13.3. The highest BCUT2D eigenvalue weighted by molar-refractivity contribution is 6.30. The number of aromatic nitrogens is 2. The summed E-state index contributed by atoms with van der Waals surface area (Å²) in [6.07, 6.45) is 3.88. The van der Waals surface area contributed by atoms with Crippen LogP contribution in [0.2, 0.25) is 5.02 Å². The zero-order valence-corrected chi connectivity index (χ0v) is 14.0. The maximum atomic E-state index is 12.4. The second-order valence-electron chi connectivity index (χ2n) is 5.50. The number of ether oxygens (including phenoxy) is 1. The molecule has 1 heterocycles. The molecule has 3 aromatic rings. The van der Waals surface area contributed by atoms with Crippen LogP contribution in [0.15, 0.2) is 61.1 Å². The number of benzene rings is 2. The Balaban J connectivity index is 1.68. The van der Waals surface area contributed by atoms with E-state index in [9.17, 15) is 4.79 Å². The molecule has 3 rings (SSSR count). The van der Waals surface area contributed by atoms with Crippen LogP contribution in [0.5, 0.6) is 5.75 Å². The molecule has 122 valence electrons. The second kappa shape index (κ2) is 7.32. The van der Waals surface area contributed by atoms with E-state index in [1.807, 2.05) is 47.2 Å². The molecule has 0 radical (unpaired) electrons. The van der Waals surface area contributed by atoms with Crippen LogP contribution in [0.4, 0.5) is 0 Å². The average molecular weight is 341 g/mol. The first-order valence-electron chi connectivity index (χ1n) is 7.56. The number of carbonyl (C=O) groups is 1. The summed E-state index contributed by atoms with van der Waals surface area (Å²) in [7, 11) is 1.58. The summed E-state index contributed by atoms with van der Waals surface area (Å²) in [4.78, 5) is 16.7. The van der Waals surface area contributed by atoms with Crippen molar-refractivity contribution in [2.45, 2.75) is 13.0 Å². The fourth-order valence-corrected chi connectivity index (χ4v) is 2.71. The van der Waals surface area contributed by atoms with Gasteiger partial charge in [-0.2, -0.15) is 0 Å². The molecule has 0 bridgehead atoms. The van der Waals surface area contributed by atoms with Crippen LogP contribution in [0.1, 0.15) is 21.6 Å². The van der Waals surface area contributed by atoms with Crippen molar-refractivity contribution in [3.63, 3.8) is 0 Å². The first kappa shape index (κ1) is 16.3. The highest BCUT2D eigenvalue weighted by atomic mass is 35.5. The summed E-state index contributed by atoms with van der Waals surface area (Å²) < 4.78 is 7.10. The Kier molecular flexibility index (Phi) is 4.96. The molecule has 1 aromatic heterocycles. The van der Waals surface area contributed by atoms with Gasteiger partial charge in [0.05, 0.1) is 25.6 Å². The van der Waals surface area contributed by atoms with Gasteiger partial charge in [-0.05, 0) is 29.8 Å². The SMILES string of the molecule is COc1cccc(C(=O)Cc2cn(Cc3cccc(Cl)c3)cn2)c1. The van der Waals surface area contributed by atoms with Gasteiger partial charge >= 0.3 is 0 Å². The summed E-state index contributed by atoms with van der Waals surface area (Å²) in [5.41, 5.74) is 2.45. The summed E-state index contributed by atoms with van der Waals surface area (Å²) in [6.45, 7) is 0.668. The minimum Gasteiger partial charge on any atom is -0.497 e. The Morgan fingerprint density at radius 3 is 2.83 bits per heavy atom. The van der Waals surface area contributed by atoms with Gasteiger partial charge in [0, 0.05) is 23.3 Å². The predicted molar refractivity (Wildman–Crippen MR) is 93.8 cm³/mol. The molecular weight excluding hydrogens is 324 g/mol. The fraction of sp³-hybridized carbons (Fsp3) is 0.158. The number of Topliss-reactive ketones (excluding diaryl/α,β-unsaturated/α-hetero) is 1. The molecule has 0 fully saturated rings. The Bertz CT molecular complexity index is 858. The Morgan fingerprint density at radius 1 is 1.21 bits per heavy atom. The monoisotopic (exact) mass is 340 g/mol. The largest absolute Gasteiger partial charge is 0.497 e. The van der Waals surface area contributed by atoms with Crippen LogP contribution in [-0.2, 0) is 13.0 Å². The molecule has 0 unspecified atom stereocenters. The van der Waals surface area contributed by atoms with E-state index in [2.05, 4.69) is 4.98 Å². The highest BCUT2D eigenvalue weighted by Gasteiger charge is 2.10. The molecule has 0 aliphatic carbocycles. The maximum absolute atomic E-state index is 12.4. The van der Waals surface area contributed by atoms with E-state index in [0.29, 0.717) is 22.9 Å². The van der Waals surface area contributed by atoms with E-state index in [1.54, 1.807) is 25.6 Å². The normalized spacial score (nSPS) is 10.6. The van der Waals surface area contributed by atoms with Crippen molar-refractivity contribution in [3.8, 4) is 5.75 Å². The van der Waals surface area contributed by atoms with Crippen LogP contribution >= 0.6 is 11.6 Å². The molecule has 5 heteroatoms. The van der Waals surface area contributed by atoms with Gasteiger partial charge in [-0.25, -0.2) is 4.98 Å². The van der Waals surface area contributed by atoms with Gasteiger partial charge in [-0.1, -0.05) is 35.9 Å². The van der Waals surface area contributed by atoms with E-state index < -0.39 is 0 Å². The number of hydrogen-bond acceptors (Lipinski definition) is 3. The molecule has 2 aromatic carbocycles. The van der Waals surface area contributed by atoms with Crippen LogP contribution in [0.25, 0.3) is 0 Å². The Labute approximate surface area is 145 Å². The van der Waals surface area contributed by atoms with Crippen molar-refractivity contribution in [2.24, 2.45) is 0 Å². The first-order chi connectivity index (χ1) is 11.6. The number of ketones is 1. The predicted octanol–water partition coefficient (Wildman–Crippen LogP) is 4.02. The number of methoxy groups -OCH3 is 1. The lowest BCUT2D eigenvalue weighted by Gasteiger charge is -2.03. The number of hydrogen-bond donors (Lipinski definition) is 0. The number of imidazole rings is 1. The quantitative estimate of drug-likeness (QED) is 0.637. The molecule has 0 aliphatic heterocycles. The summed E-state index contributed by atoms with van der Waals surface area (Å²) in [5, 5.41) is 0.709. The van der Waals surface area contributed by atoms with Crippen LogP contribution in [-0.4, -0.2) is 22.4 Å². The molecule has 24 heavy (non-hydrogen) atoms. The van der Waals surface area contributed by atoms with Crippen LogP contribution in [0.3, 0.4) is 0 Å². The third-order valence-corrected chi connectivity index (χ3v) is 3.91. The van der Waals surface area contributed by atoms with Gasteiger partial charge in [-0.15, -0.1) is 0 Å². The lowest BCUT2D eigenvalue weighted by atomic mass is 10.1. The number of rotatable bonds is 6. The molecule has 0 N–H and O–H groups in total. The lowest BCUT2D eigenvalue weighted by molar-refractivity contribution is 0.0991. The molecule has 0 saturated carbocycles. The van der Waals surface area contributed by atoms with E-state index in [0.717, 1.165) is 11.3 Å².